The van der Waals surface area contributed by atoms with E-state index < -0.39 is 0 Å². The molecule has 1 aliphatic heterocycles. The van der Waals surface area contributed by atoms with Crippen molar-refractivity contribution in [3.05, 3.63) is 29.8 Å². The predicted molar refractivity (Wildman–Crippen MR) is 83.9 cm³/mol. The first-order valence-corrected chi connectivity index (χ1v) is 8.25. The average Bonchev–Trinajstić information content (AvgIpc) is 2.47. The molecule has 0 aromatic heterocycles. The fourth-order valence-electron chi connectivity index (χ4n) is 2.37. The van der Waals surface area contributed by atoms with E-state index in [-0.39, 0.29) is 0 Å². The maximum atomic E-state index is 3.40. The van der Waals surface area contributed by atoms with Crippen LogP contribution in [0.2, 0.25) is 0 Å². The molecule has 19 heavy (non-hydrogen) atoms. The maximum absolute atomic E-state index is 3.40. The quantitative estimate of drug-likeness (QED) is 0.799. The summed E-state index contributed by atoms with van der Waals surface area (Å²) in [5, 5.41) is 3.40. The Hall–Kier alpha value is -0.550. The molecule has 1 heterocycles. The monoisotopic (exact) mass is 279 g/mol. The van der Waals surface area contributed by atoms with Gasteiger partial charge in [-0.1, -0.05) is 12.1 Å². The van der Waals surface area contributed by atoms with E-state index in [0.717, 1.165) is 26.2 Å². The van der Waals surface area contributed by atoms with Crippen molar-refractivity contribution in [1.82, 2.24) is 15.1 Å². The van der Waals surface area contributed by atoms with Gasteiger partial charge in [-0.15, -0.1) is 11.8 Å². The van der Waals surface area contributed by atoms with Gasteiger partial charge in [-0.05, 0) is 31.0 Å². The molecule has 106 valence electrons. The summed E-state index contributed by atoms with van der Waals surface area (Å²) >= 11 is 1.80. The summed E-state index contributed by atoms with van der Waals surface area (Å²) in [5.74, 6) is 0. The minimum Gasteiger partial charge on any atom is -0.314 e. The molecule has 1 aromatic carbocycles. The van der Waals surface area contributed by atoms with Crippen molar-refractivity contribution >= 4 is 11.8 Å². The van der Waals surface area contributed by atoms with Crippen molar-refractivity contribution in [3.8, 4) is 0 Å². The third-order valence-electron chi connectivity index (χ3n) is 3.62. The van der Waals surface area contributed by atoms with Gasteiger partial charge < -0.3 is 10.2 Å². The first kappa shape index (κ1) is 14.9. The minimum absolute atomic E-state index is 1.04. The number of benzene rings is 1. The summed E-state index contributed by atoms with van der Waals surface area (Å²) in [4.78, 5) is 6.30. The van der Waals surface area contributed by atoms with Crippen molar-refractivity contribution in [3.63, 3.8) is 0 Å². The number of thioether (sulfide) groups is 1. The van der Waals surface area contributed by atoms with Gasteiger partial charge in [0.05, 0.1) is 0 Å². The smallest absolute Gasteiger partial charge is 0.0231 e. The Morgan fingerprint density at radius 1 is 1.21 bits per heavy atom. The molecule has 0 atom stereocenters. The molecule has 1 aromatic rings. The second-order valence-corrected chi connectivity index (χ2v) is 6.06. The molecule has 1 aliphatic rings. The second-order valence-electron chi connectivity index (χ2n) is 5.18. The molecule has 1 saturated heterocycles. The van der Waals surface area contributed by atoms with Crippen LogP contribution in [-0.2, 0) is 6.54 Å². The third-order valence-corrected chi connectivity index (χ3v) is 4.36. The van der Waals surface area contributed by atoms with Crippen molar-refractivity contribution in [2.75, 3.05) is 52.6 Å². The Balaban J connectivity index is 1.71. The van der Waals surface area contributed by atoms with Crippen molar-refractivity contribution in [2.24, 2.45) is 0 Å². The van der Waals surface area contributed by atoms with Crippen LogP contribution in [0.25, 0.3) is 0 Å². The van der Waals surface area contributed by atoms with Crippen LogP contribution in [0.1, 0.15) is 5.56 Å². The number of likely N-dealkylation sites (N-methyl/N-ethyl adjacent to an activating group) is 1. The van der Waals surface area contributed by atoms with Gasteiger partial charge >= 0.3 is 0 Å². The lowest BCUT2D eigenvalue weighted by atomic mass is 10.2. The van der Waals surface area contributed by atoms with Gasteiger partial charge in [0.1, 0.15) is 0 Å². The molecule has 0 saturated carbocycles. The number of rotatable bonds is 6. The van der Waals surface area contributed by atoms with Crippen LogP contribution in [-0.4, -0.2) is 62.4 Å². The van der Waals surface area contributed by atoms with Crippen molar-refractivity contribution < 1.29 is 0 Å². The summed E-state index contributed by atoms with van der Waals surface area (Å²) < 4.78 is 0. The van der Waals surface area contributed by atoms with E-state index in [4.69, 9.17) is 0 Å². The predicted octanol–water partition coefficient (Wildman–Crippen LogP) is 1.75. The van der Waals surface area contributed by atoms with Gasteiger partial charge in [0.25, 0.3) is 0 Å². The summed E-state index contributed by atoms with van der Waals surface area (Å²) in [6.45, 7) is 8.03. The van der Waals surface area contributed by atoms with Crippen molar-refractivity contribution in [1.29, 1.82) is 0 Å². The number of nitrogens with zero attached hydrogens (tertiary/aromatic N) is 2. The molecule has 1 fully saturated rings. The summed E-state index contributed by atoms with van der Waals surface area (Å²) in [6.07, 6.45) is 2.12. The molecule has 1 N–H and O–H groups in total. The van der Waals surface area contributed by atoms with Gasteiger partial charge in [0, 0.05) is 50.7 Å². The van der Waals surface area contributed by atoms with Gasteiger partial charge in [-0.2, -0.15) is 0 Å². The molecule has 3 nitrogen and oxygen atoms in total. The molecule has 0 radical (unpaired) electrons. The van der Waals surface area contributed by atoms with Gasteiger partial charge in [0.2, 0.25) is 0 Å². The molecule has 0 amide bonds. The molecule has 2 rings (SSSR count). The molecule has 0 aliphatic carbocycles. The van der Waals surface area contributed by atoms with Gasteiger partial charge in [-0.25, -0.2) is 0 Å². The van der Waals surface area contributed by atoms with Crippen LogP contribution < -0.4 is 5.32 Å². The Morgan fingerprint density at radius 3 is 2.53 bits per heavy atom. The highest BCUT2D eigenvalue weighted by Crippen LogP contribution is 2.15. The lowest BCUT2D eigenvalue weighted by molar-refractivity contribution is 0.202. The van der Waals surface area contributed by atoms with Gasteiger partial charge in [0.15, 0.2) is 0 Å². The topological polar surface area (TPSA) is 18.5 Å². The average molecular weight is 279 g/mol. The van der Waals surface area contributed by atoms with E-state index in [2.05, 4.69) is 52.7 Å². The van der Waals surface area contributed by atoms with E-state index in [1.54, 1.807) is 11.8 Å². The normalized spacial score (nSPS) is 17.0. The molecule has 0 bridgehead atoms. The highest BCUT2D eigenvalue weighted by atomic mass is 32.2. The highest BCUT2D eigenvalue weighted by Gasteiger charge is 2.10. The van der Waals surface area contributed by atoms with E-state index in [0.29, 0.717) is 0 Å². The molecule has 4 heteroatoms. The Morgan fingerprint density at radius 2 is 1.89 bits per heavy atom. The summed E-state index contributed by atoms with van der Waals surface area (Å²) in [5.41, 5.74) is 1.40. The van der Waals surface area contributed by atoms with Crippen LogP contribution in [0.5, 0.6) is 0 Å². The van der Waals surface area contributed by atoms with E-state index in [1.807, 2.05) is 0 Å². The Kier molecular flexibility index (Phi) is 6.17. The minimum atomic E-state index is 1.04. The zero-order valence-electron chi connectivity index (χ0n) is 12.1. The Bertz CT molecular complexity index is 360. The van der Waals surface area contributed by atoms with Crippen LogP contribution in [0, 0.1) is 0 Å². The Labute approximate surface area is 121 Å². The number of nitrogens with one attached hydrogen (secondary N) is 1. The third kappa shape index (κ3) is 5.15. The van der Waals surface area contributed by atoms with Gasteiger partial charge in [-0.3, -0.25) is 4.90 Å². The lowest BCUT2D eigenvalue weighted by Crippen LogP contribution is -2.45. The standard InChI is InChI=1S/C15H25N3S/c1-17(11-12-18-9-7-16-8-10-18)13-14-3-5-15(19-2)6-4-14/h3-6,16H,7-13H2,1-2H3. The van der Waals surface area contributed by atoms with E-state index in [9.17, 15) is 0 Å². The maximum Gasteiger partial charge on any atom is 0.0231 e. The van der Waals surface area contributed by atoms with Crippen LogP contribution in [0.15, 0.2) is 29.2 Å². The van der Waals surface area contributed by atoms with Crippen LogP contribution >= 0.6 is 11.8 Å². The molecule has 0 spiro atoms. The zero-order chi connectivity index (χ0) is 13.5. The molecular formula is C15H25N3S. The number of hydrogen-bond donors (Lipinski definition) is 1. The fourth-order valence-corrected chi connectivity index (χ4v) is 2.78. The largest absolute Gasteiger partial charge is 0.314 e. The first-order valence-electron chi connectivity index (χ1n) is 7.02. The molecular weight excluding hydrogens is 254 g/mol. The summed E-state index contributed by atoms with van der Waals surface area (Å²) in [6, 6.07) is 8.91. The number of piperazine rings is 1. The van der Waals surface area contributed by atoms with Crippen LogP contribution in [0.4, 0.5) is 0 Å². The second kappa shape index (κ2) is 7.90. The van der Waals surface area contributed by atoms with E-state index >= 15 is 0 Å². The highest BCUT2D eigenvalue weighted by molar-refractivity contribution is 7.98. The number of hydrogen-bond acceptors (Lipinski definition) is 4. The zero-order valence-corrected chi connectivity index (χ0v) is 12.9. The van der Waals surface area contributed by atoms with Crippen molar-refractivity contribution in [2.45, 2.75) is 11.4 Å². The van der Waals surface area contributed by atoms with Crippen LogP contribution in [0.3, 0.4) is 0 Å². The molecule has 0 unspecified atom stereocenters. The summed E-state index contributed by atoms with van der Waals surface area (Å²) in [7, 11) is 2.21. The SMILES string of the molecule is CSc1ccc(CN(C)CCN2CCNCC2)cc1. The first-order chi connectivity index (χ1) is 9.28. The lowest BCUT2D eigenvalue weighted by Gasteiger charge is -2.29. The van der Waals surface area contributed by atoms with E-state index in [1.165, 1.54) is 30.1 Å². The fraction of sp³-hybridized carbons (Fsp3) is 0.600.